The standard InChI is InChI=1S/C21H29N5O4S/c1-25-12-16(11-23-25)19-24-17(14-31-19)20(28)30-13-18(27)22-15-21(5-3-2-4-6-21)26-7-9-29-10-8-26/h11-12,14H,2-10,13,15H2,1H3,(H,22,27). The molecule has 1 amide bonds. The van der Waals surface area contributed by atoms with Crippen LogP contribution in [0.3, 0.4) is 0 Å². The fraction of sp³-hybridized carbons (Fsp3) is 0.619. The van der Waals surface area contributed by atoms with Crippen LogP contribution in [-0.2, 0) is 21.3 Å². The molecule has 0 bridgehead atoms. The molecule has 168 valence electrons. The van der Waals surface area contributed by atoms with Crippen LogP contribution in [0.2, 0.25) is 0 Å². The van der Waals surface area contributed by atoms with Crippen molar-refractivity contribution in [2.75, 3.05) is 39.5 Å². The van der Waals surface area contributed by atoms with Gasteiger partial charge in [-0.25, -0.2) is 9.78 Å². The van der Waals surface area contributed by atoms with Gasteiger partial charge in [0.1, 0.15) is 5.01 Å². The lowest BCUT2D eigenvalue weighted by Gasteiger charge is -2.48. The highest BCUT2D eigenvalue weighted by Gasteiger charge is 2.38. The van der Waals surface area contributed by atoms with Crippen molar-refractivity contribution in [1.29, 1.82) is 0 Å². The van der Waals surface area contributed by atoms with E-state index >= 15 is 0 Å². The lowest BCUT2D eigenvalue weighted by atomic mass is 9.79. The Bertz CT molecular complexity index is 899. The van der Waals surface area contributed by atoms with Gasteiger partial charge in [-0.05, 0) is 12.8 Å². The van der Waals surface area contributed by atoms with Crippen LogP contribution in [0.4, 0.5) is 0 Å². The SMILES string of the molecule is Cn1cc(-c2nc(C(=O)OCC(=O)NCC3(N4CCOCC4)CCCCC3)cs2)cn1. The second kappa shape index (κ2) is 9.88. The molecular formula is C21H29N5O4S. The van der Waals surface area contributed by atoms with Crippen LogP contribution in [0.25, 0.3) is 10.6 Å². The van der Waals surface area contributed by atoms with Crippen molar-refractivity contribution >= 4 is 23.2 Å². The van der Waals surface area contributed by atoms with E-state index in [1.165, 1.54) is 30.6 Å². The zero-order valence-corrected chi connectivity index (χ0v) is 18.7. The molecule has 1 saturated carbocycles. The molecular weight excluding hydrogens is 418 g/mol. The van der Waals surface area contributed by atoms with Crippen LogP contribution in [0.15, 0.2) is 17.8 Å². The predicted molar refractivity (Wildman–Crippen MR) is 116 cm³/mol. The maximum atomic E-state index is 12.4. The molecule has 31 heavy (non-hydrogen) atoms. The summed E-state index contributed by atoms with van der Waals surface area (Å²) in [6.45, 7) is 3.54. The van der Waals surface area contributed by atoms with Crippen LogP contribution >= 0.6 is 11.3 Å². The third kappa shape index (κ3) is 5.31. The summed E-state index contributed by atoms with van der Waals surface area (Å²) in [6, 6.07) is 0. The maximum Gasteiger partial charge on any atom is 0.358 e. The number of ether oxygens (including phenoxy) is 2. The molecule has 1 N–H and O–H groups in total. The molecule has 0 unspecified atom stereocenters. The van der Waals surface area contributed by atoms with Crippen molar-refractivity contribution in [3.8, 4) is 10.6 Å². The predicted octanol–water partition coefficient (Wildman–Crippen LogP) is 1.85. The van der Waals surface area contributed by atoms with Gasteiger partial charge in [-0.3, -0.25) is 14.4 Å². The molecule has 0 radical (unpaired) electrons. The monoisotopic (exact) mass is 447 g/mol. The Hall–Kier alpha value is -2.30. The van der Waals surface area contributed by atoms with Crippen molar-refractivity contribution in [3.05, 3.63) is 23.5 Å². The minimum absolute atomic E-state index is 0.0186. The van der Waals surface area contributed by atoms with E-state index in [9.17, 15) is 9.59 Å². The second-order valence-electron chi connectivity index (χ2n) is 8.18. The van der Waals surface area contributed by atoms with Gasteiger partial charge in [0.15, 0.2) is 12.3 Å². The molecule has 1 aliphatic heterocycles. The van der Waals surface area contributed by atoms with Gasteiger partial charge in [0, 0.05) is 49.4 Å². The van der Waals surface area contributed by atoms with Gasteiger partial charge in [-0.15, -0.1) is 11.3 Å². The molecule has 10 heteroatoms. The van der Waals surface area contributed by atoms with E-state index in [0.717, 1.165) is 44.7 Å². The molecule has 2 aliphatic rings. The van der Waals surface area contributed by atoms with E-state index in [1.807, 2.05) is 13.2 Å². The highest BCUT2D eigenvalue weighted by molar-refractivity contribution is 7.13. The summed E-state index contributed by atoms with van der Waals surface area (Å²) in [4.78, 5) is 31.5. The van der Waals surface area contributed by atoms with E-state index in [-0.39, 0.29) is 23.7 Å². The van der Waals surface area contributed by atoms with Gasteiger partial charge >= 0.3 is 5.97 Å². The number of carbonyl (C=O) groups is 2. The number of nitrogens with zero attached hydrogens (tertiary/aromatic N) is 4. The topological polar surface area (TPSA) is 98.6 Å². The second-order valence-corrected chi connectivity index (χ2v) is 9.04. The van der Waals surface area contributed by atoms with Crippen molar-refractivity contribution in [2.24, 2.45) is 7.05 Å². The first-order chi connectivity index (χ1) is 15.1. The van der Waals surface area contributed by atoms with Crippen molar-refractivity contribution in [1.82, 2.24) is 25.0 Å². The highest BCUT2D eigenvalue weighted by atomic mass is 32.1. The van der Waals surface area contributed by atoms with Gasteiger partial charge in [-0.1, -0.05) is 19.3 Å². The summed E-state index contributed by atoms with van der Waals surface area (Å²) in [5.41, 5.74) is 1.02. The largest absolute Gasteiger partial charge is 0.451 e. The summed E-state index contributed by atoms with van der Waals surface area (Å²) in [5.74, 6) is -0.878. The maximum absolute atomic E-state index is 12.4. The van der Waals surface area contributed by atoms with E-state index in [2.05, 4.69) is 20.3 Å². The average Bonchev–Trinajstić information content (AvgIpc) is 3.46. The molecule has 2 fully saturated rings. The van der Waals surface area contributed by atoms with Crippen molar-refractivity contribution in [2.45, 2.75) is 37.6 Å². The molecule has 0 spiro atoms. The molecule has 0 atom stereocenters. The lowest BCUT2D eigenvalue weighted by Crippen LogP contribution is -2.59. The van der Waals surface area contributed by atoms with Crippen molar-refractivity contribution in [3.63, 3.8) is 0 Å². The molecule has 9 nitrogen and oxygen atoms in total. The van der Waals surface area contributed by atoms with E-state index < -0.39 is 5.97 Å². The first-order valence-corrected chi connectivity index (χ1v) is 11.6. The first kappa shape index (κ1) is 21.9. The number of amides is 1. The lowest BCUT2D eigenvalue weighted by molar-refractivity contribution is -0.125. The number of carbonyl (C=O) groups excluding carboxylic acids is 2. The molecule has 2 aromatic rings. The number of hydrogen-bond acceptors (Lipinski definition) is 8. The number of hydrogen-bond donors (Lipinski definition) is 1. The van der Waals surface area contributed by atoms with Crippen molar-refractivity contribution < 1.29 is 19.1 Å². The summed E-state index contributed by atoms with van der Waals surface area (Å²) in [6.07, 6.45) is 9.25. The minimum Gasteiger partial charge on any atom is -0.451 e. The Kier molecular flexibility index (Phi) is 6.99. The minimum atomic E-state index is -0.595. The number of esters is 1. The number of rotatable bonds is 7. The molecule has 2 aromatic heterocycles. The fourth-order valence-corrected chi connectivity index (χ4v) is 5.17. The average molecular weight is 448 g/mol. The zero-order valence-electron chi connectivity index (χ0n) is 17.8. The highest BCUT2D eigenvalue weighted by Crippen LogP contribution is 2.33. The van der Waals surface area contributed by atoms with E-state index in [4.69, 9.17) is 9.47 Å². The zero-order chi connectivity index (χ0) is 21.7. The number of aromatic nitrogens is 3. The van der Waals surface area contributed by atoms with Crippen LogP contribution in [0.1, 0.15) is 42.6 Å². The Labute approximate surface area is 185 Å². The number of thiazole rings is 1. The Morgan fingerprint density at radius 3 is 2.74 bits per heavy atom. The smallest absolute Gasteiger partial charge is 0.358 e. The van der Waals surface area contributed by atoms with E-state index in [1.54, 1.807) is 16.3 Å². The third-order valence-electron chi connectivity index (χ3n) is 6.08. The first-order valence-electron chi connectivity index (χ1n) is 10.8. The van der Waals surface area contributed by atoms with Crippen LogP contribution in [0.5, 0.6) is 0 Å². The Morgan fingerprint density at radius 1 is 1.26 bits per heavy atom. The number of aryl methyl sites for hydroxylation is 1. The molecule has 3 heterocycles. The molecule has 1 aliphatic carbocycles. The normalized spacial score (nSPS) is 19.1. The summed E-state index contributed by atoms with van der Waals surface area (Å²) >= 11 is 1.34. The van der Waals surface area contributed by atoms with Crippen LogP contribution in [-0.4, -0.2) is 76.5 Å². The summed E-state index contributed by atoms with van der Waals surface area (Å²) in [7, 11) is 1.82. The Balaban J connectivity index is 1.28. The van der Waals surface area contributed by atoms with Crippen LogP contribution in [0, 0.1) is 0 Å². The Morgan fingerprint density at radius 2 is 2.03 bits per heavy atom. The number of nitrogens with one attached hydrogen (secondary N) is 1. The molecule has 4 rings (SSSR count). The quantitative estimate of drug-likeness (QED) is 0.647. The summed E-state index contributed by atoms with van der Waals surface area (Å²) in [5, 5.41) is 9.44. The third-order valence-corrected chi connectivity index (χ3v) is 6.97. The fourth-order valence-electron chi connectivity index (χ4n) is 4.40. The van der Waals surface area contributed by atoms with Gasteiger partial charge in [0.2, 0.25) is 0 Å². The van der Waals surface area contributed by atoms with Gasteiger partial charge < -0.3 is 14.8 Å². The van der Waals surface area contributed by atoms with Gasteiger partial charge in [0.25, 0.3) is 5.91 Å². The van der Waals surface area contributed by atoms with Crippen LogP contribution < -0.4 is 5.32 Å². The molecule has 1 saturated heterocycles. The summed E-state index contributed by atoms with van der Waals surface area (Å²) < 4.78 is 12.4. The van der Waals surface area contributed by atoms with Gasteiger partial charge in [0.05, 0.1) is 19.4 Å². The van der Waals surface area contributed by atoms with Gasteiger partial charge in [-0.2, -0.15) is 5.10 Å². The number of morpholine rings is 1. The van der Waals surface area contributed by atoms with E-state index in [0.29, 0.717) is 11.6 Å². The molecule has 0 aromatic carbocycles.